The van der Waals surface area contributed by atoms with Crippen LogP contribution in [0.15, 0.2) is 18.2 Å². The Kier molecular flexibility index (Phi) is 4.26. The Hall–Kier alpha value is -2.06. The van der Waals surface area contributed by atoms with Crippen molar-refractivity contribution in [1.82, 2.24) is 9.55 Å². The largest absolute Gasteiger partial charge is 0.464 e. The highest BCUT2D eigenvalue weighted by molar-refractivity contribution is 6.16. The molecule has 0 aliphatic rings. The molecule has 0 aliphatic heterocycles. The number of ether oxygens (including phenoxy) is 1. The van der Waals surface area contributed by atoms with Crippen molar-refractivity contribution < 1.29 is 9.53 Å². The quantitative estimate of drug-likeness (QED) is 0.641. The third kappa shape index (κ3) is 2.47. The SMILES string of the molecule is CCOC(=O)C(C)n1c(CCl)nc2ccc(C#N)cc21. The molecular formula is C14H14ClN3O2. The Morgan fingerprint density at radius 3 is 2.95 bits per heavy atom. The second-order valence-corrected chi connectivity index (χ2v) is 4.54. The van der Waals surface area contributed by atoms with Crippen LogP contribution in [0.4, 0.5) is 0 Å². The van der Waals surface area contributed by atoms with Crippen molar-refractivity contribution in [2.75, 3.05) is 6.61 Å². The number of carbonyl (C=O) groups is 1. The summed E-state index contributed by atoms with van der Waals surface area (Å²) in [6, 6.07) is 6.68. The third-order valence-electron chi connectivity index (χ3n) is 3.03. The number of nitrogens with zero attached hydrogens (tertiary/aromatic N) is 3. The summed E-state index contributed by atoms with van der Waals surface area (Å²) in [5.41, 5.74) is 1.92. The van der Waals surface area contributed by atoms with E-state index >= 15 is 0 Å². The number of carbonyl (C=O) groups excluding carboxylic acids is 1. The number of alkyl halides is 1. The molecule has 0 saturated carbocycles. The molecule has 2 rings (SSSR count). The van der Waals surface area contributed by atoms with Crippen molar-refractivity contribution in [2.24, 2.45) is 0 Å². The highest BCUT2D eigenvalue weighted by Crippen LogP contribution is 2.24. The van der Waals surface area contributed by atoms with Crippen LogP contribution in [0.2, 0.25) is 0 Å². The van der Waals surface area contributed by atoms with Crippen molar-refractivity contribution in [2.45, 2.75) is 25.8 Å². The number of hydrogen-bond acceptors (Lipinski definition) is 4. The van der Waals surface area contributed by atoms with Crippen molar-refractivity contribution in [3.05, 3.63) is 29.6 Å². The molecule has 1 heterocycles. The minimum absolute atomic E-state index is 0.181. The molecule has 0 radical (unpaired) electrons. The Bertz CT molecular complexity index is 688. The van der Waals surface area contributed by atoms with Gasteiger partial charge in [-0.1, -0.05) is 0 Å². The molecule has 0 amide bonds. The van der Waals surface area contributed by atoms with Gasteiger partial charge in [-0.2, -0.15) is 5.26 Å². The monoisotopic (exact) mass is 291 g/mol. The van der Waals surface area contributed by atoms with Gasteiger partial charge in [0.1, 0.15) is 11.9 Å². The van der Waals surface area contributed by atoms with Crippen molar-refractivity contribution in [3.8, 4) is 6.07 Å². The van der Waals surface area contributed by atoms with E-state index in [1.54, 1.807) is 36.6 Å². The summed E-state index contributed by atoms with van der Waals surface area (Å²) < 4.78 is 6.76. The summed E-state index contributed by atoms with van der Waals surface area (Å²) in [6.07, 6.45) is 0. The molecule has 1 aromatic carbocycles. The molecule has 0 spiro atoms. The summed E-state index contributed by atoms with van der Waals surface area (Å²) >= 11 is 5.90. The van der Waals surface area contributed by atoms with Crippen molar-refractivity contribution in [1.29, 1.82) is 5.26 Å². The zero-order valence-electron chi connectivity index (χ0n) is 11.3. The van der Waals surface area contributed by atoms with Gasteiger partial charge in [0, 0.05) is 0 Å². The van der Waals surface area contributed by atoms with Crippen LogP contribution in [0.1, 0.15) is 31.3 Å². The van der Waals surface area contributed by atoms with E-state index in [-0.39, 0.29) is 11.8 Å². The predicted molar refractivity (Wildman–Crippen MR) is 75.3 cm³/mol. The lowest BCUT2D eigenvalue weighted by atomic mass is 10.2. The van der Waals surface area contributed by atoms with Crippen LogP contribution in [0, 0.1) is 11.3 Å². The maximum atomic E-state index is 11.9. The number of esters is 1. The summed E-state index contributed by atoms with van der Waals surface area (Å²) in [6.45, 7) is 3.80. The lowest BCUT2D eigenvalue weighted by Crippen LogP contribution is -2.20. The fraction of sp³-hybridized carbons (Fsp3) is 0.357. The van der Waals surface area contributed by atoms with Crippen LogP contribution in [0.5, 0.6) is 0 Å². The van der Waals surface area contributed by atoms with Gasteiger partial charge in [-0.05, 0) is 32.0 Å². The van der Waals surface area contributed by atoms with E-state index in [0.717, 1.165) is 0 Å². The minimum Gasteiger partial charge on any atom is -0.464 e. The Labute approximate surface area is 121 Å². The number of nitriles is 1. The average Bonchev–Trinajstić information content (AvgIpc) is 2.83. The van der Waals surface area contributed by atoms with Gasteiger partial charge in [0.25, 0.3) is 0 Å². The molecule has 104 valence electrons. The van der Waals surface area contributed by atoms with Crippen LogP contribution < -0.4 is 0 Å². The zero-order chi connectivity index (χ0) is 14.7. The molecule has 5 nitrogen and oxygen atoms in total. The fourth-order valence-corrected chi connectivity index (χ4v) is 2.30. The number of benzene rings is 1. The number of aromatic nitrogens is 2. The summed E-state index contributed by atoms with van der Waals surface area (Å²) in [5, 5.41) is 8.99. The lowest BCUT2D eigenvalue weighted by Gasteiger charge is -2.15. The van der Waals surface area contributed by atoms with Crippen LogP contribution in [0.25, 0.3) is 11.0 Å². The molecule has 0 fully saturated rings. The minimum atomic E-state index is -0.539. The summed E-state index contributed by atoms with van der Waals surface area (Å²) in [4.78, 5) is 16.3. The number of imidazole rings is 1. The Morgan fingerprint density at radius 1 is 1.60 bits per heavy atom. The summed E-state index contributed by atoms with van der Waals surface area (Å²) in [7, 11) is 0. The van der Waals surface area contributed by atoms with E-state index < -0.39 is 6.04 Å². The molecule has 1 atom stereocenters. The smallest absolute Gasteiger partial charge is 0.328 e. The highest BCUT2D eigenvalue weighted by atomic mass is 35.5. The first-order valence-corrected chi connectivity index (χ1v) is 6.79. The second-order valence-electron chi connectivity index (χ2n) is 4.27. The predicted octanol–water partition coefficient (Wildman–Crippen LogP) is 2.77. The van der Waals surface area contributed by atoms with Crippen LogP contribution in [0.3, 0.4) is 0 Å². The number of hydrogen-bond donors (Lipinski definition) is 0. The van der Waals surface area contributed by atoms with Gasteiger partial charge >= 0.3 is 5.97 Å². The molecule has 1 aromatic heterocycles. The van der Waals surface area contributed by atoms with Gasteiger partial charge in [0.05, 0.1) is 35.2 Å². The van der Waals surface area contributed by atoms with Crippen LogP contribution >= 0.6 is 11.6 Å². The van der Waals surface area contributed by atoms with Crippen LogP contribution in [-0.2, 0) is 15.4 Å². The first-order chi connectivity index (χ1) is 9.62. The molecule has 0 N–H and O–H groups in total. The third-order valence-corrected chi connectivity index (χ3v) is 3.27. The number of rotatable bonds is 4. The van der Waals surface area contributed by atoms with Crippen molar-refractivity contribution >= 4 is 28.6 Å². The molecule has 1 unspecified atom stereocenters. The van der Waals surface area contributed by atoms with Gasteiger partial charge in [0.15, 0.2) is 0 Å². The fourth-order valence-electron chi connectivity index (χ4n) is 2.11. The van der Waals surface area contributed by atoms with Gasteiger partial charge in [-0.15, -0.1) is 11.6 Å². The molecule has 0 bridgehead atoms. The molecule has 2 aromatic rings. The van der Waals surface area contributed by atoms with E-state index in [4.69, 9.17) is 21.6 Å². The van der Waals surface area contributed by atoms with Gasteiger partial charge < -0.3 is 9.30 Å². The Balaban J connectivity index is 2.59. The van der Waals surface area contributed by atoms with E-state index in [9.17, 15) is 4.79 Å². The summed E-state index contributed by atoms with van der Waals surface area (Å²) in [5.74, 6) is 0.415. The molecule has 6 heteroatoms. The first-order valence-electron chi connectivity index (χ1n) is 6.26. The molecule has 20 heavy (non-hydrogen) atoms. The Morgan fingerprint density at radius 2 is 2.35 bits per heavy atom. The van der Waals surface area contributed by atoms with E-state index in [1.165, 1.54) is 0 Å². The highest BCUT2D eigenvalue weighted by Gasteiger charge is 2.22. The first kappa shape index (κ1) is 14.4. The zero-order valence-corrected chi connectivity index (χ0v) is 12.0. The second kappa shape index (κ2) is 5.93. The van der Waals surface area contributed by atoms with Crippen molar-refractivity contribution in [3.63, 3.8) is 0 Å². The van der Waals surface area contributed by atoms with Gasteiger partial charge in [0.2, 0.25) is 0 Å². The molecular weight excluding hydrogens is 278 g/mol. The van der Waals surface area contributed by atoms with Gasteiger partial charge in [-0.25, -0.2) is 9.78 Å². The van der Waals surface area contributed by atoms with Crippen LogP contribution in [-0.4, -0.2) is 22.1 Å². The van der Waals surface area contributed by atoms with E-state index in [0.29, 0.717) is 29.0 Å². The topological polar surface area (TPSA) is 67.9 Å². The maximum Gasteiger partial charge on any atom is 0.328 e. The molecule has 0 aliphatic carbocycles. The lowest BCUT2D eigenvalue weighted by molar-refractivity contribution is -0.146. The van der Waals surface area contributed by atoms with Gasteiger partial charge in [-0.3, -0.25) is 0 Å². The average molecular weight is 292 g/mol. The number of fused-ring (bicyclic) bond motifs is 1. The standard InChI is InChI=1S/C14H14ClN3O2/c1-3-20-14(19)9(2)18-12-6-10(8-16)4-5-11(12)17-13(18)7-15/h4-6,9H,3,7H2,1-2H3. The maximum absolute atomic E-state index is 11.9. The van der Waals surface area contributed by atoms with E-state index in [2.05, 4.69) is 11.1 Å². The van der Waals surface area contributed by atoms with E-state index in [1.807, 2.05) is 0 Å². The molecule has 0 saturated heterocycles. The normalized spacial score (nSPS) is 12.1. The number of halogens is 1.